The number of nitrogens with two attached hydrogens (primary N) is 1. The van der Waals surface area contributed by atoms with Gasteiger partial charge in [0.05, 0.1) is 11.4 Å². The van der Waals surface area contributed by atoms with Gasteiger partial charge in [0.1, 0.15) is 0 Å². The highest BCUT2D eigenvalue weighted by molar-refractivity contribution is 5.68. The number of rotatable bonds is 1. The van der Waals surface area contributed by atoms with Gasteiger partial charge in [0.25, 0.3) is 0 Å². The van der Waals surface area contributed by atoms with Crippen molar-refractivity contribution in [3.05, 3.63) is 23.8 Å². The van der Waals surface area contributed by atoms with E-state index >= 15 is 0 Å². The van der Waals surface area contributed by atoms with Gasteiger partial charge < -0.3 is 10.6 Å². The normalized spacial score (nSPS) is 18.1. The van der Waals surface area contributed by atoms with Gasteiger partial charge >= 0.3 is 0 Å². The summed E-state index contributed by atoms with van der Waals surface area (Å²) in [5.41, 5.74) is 9.44. The van der Waals surface area contributed by atoms with E-state index in [1.807, 2.05) is 6.07 Å². The topological polar surface area (TPSA) is 29.3 Å². The maximum atomic E-state index is 6.01. The Morgan fingerprint density at radius 1 is 1.27 bits per heavy atom. The number of anilines is 2. The van der Waals surface area contributed by atoms with Gasteiger partial charge in [-0.1, -0.05) is 13.0 Å². The fourth-order valence-corrected chi connectivity index (χ4v) is 2.18. The molecule has 2 N–H and O–H groups in total. The van der Waals surface area contributed by atoms with Crippen LogP contribution in [0.2, 0.25) is 0 Å². The van der Waals surface area contributed by atoms with Crippen LogP contribution in [0.4, 0.5) is 11.4 Å². The molecule has 1 saturated heterocycles. The lowest BCUT2D eigenvalue weighted by Gasteiger charge is -2.33. The molecule has 0 aliphatic carbocycles. The molecular formula is C13H20N2. The second kappa shape index (κ2) is 4.13. The first-order chi connectivity index (χ1) is 7.16. The first-order valence-electron chi connectivity index (χ1n) is 5.78. The van der Waals surface area contributed by atoms with Crippen LogP contribution in [0.25, 0.3) is 0 Å². The number of hydrogen-bond acceptors (Lipinski definition) is 2. The summed E-state index contributed by atoms with van der Waals surface area (Å²) in [6.45, 7) is 6.75. The van der Waals surface area contributed by atoms with Crippen LogP contribution >= 0.6 is 0 Å². The summed E-state index contributed by atoms with van der Waals surface area (Å²) in [4.78, 5) is 2.42. The third-order valence-corrected chi connectivity index (χ3v) is 3.31. The van der Waals surface area contributed by atoms with Gasteiger partial charge in [0.15, 0.2) is 0 Å². The second-order valence-corrected chi connectivity index (χ2v) is 4.73. The average molecular weight is 204 g/mol. The first-order valence-corrected chi connectivity index (χ1v) is 5.78. The zero-order chi connectivity index (χ0) is 10.8. The van der Waals surface area contributed by atoms with Crippen LogP contribution in [0.15, 0.2) is 18.2 Å². The maximum absolute atomic E-state index is 6.01. The minimum atomic E-state index is 0.868. The van der Waals surface area contributed by atoms with Crippen molar-refractivity contribution in [3.63, 3.8) is 0 Å². The Balaban J connectivity index is 2.18. The van der Waals surface area contributed by atoms with Crippen molar-refractivity contribution < 1.29 is 0 Å². The van der Waals surface area contributed by atoms with Crippen LogP contribution < -0.4 is 10.6 Å². The number of aryl methyl sites for hydroxylation is 1. The summed E-state index contributed by atoms with van der Waals surface area (Å²) < 4.78 is 0. The molecule has 1 fully saturated rings. The van der Waals surface area contributed by atoms with Gasteiger partial charge in [-0.25, -0.2) is 0 Å². The van der Waals surface area contributed by atoms with Crippen molar-refractivity contribution >= 4 is 11.4 Å². The molecule has 2 nitrogen and oxygen atoms in total. The quantitative estimate of drug-likeness (QED) is 0.713. The van der Waals surface area contributed by atoms with Crippen LogP contribution in [0.1, 0.15) is 25.3 Å². The van der Waals surface area contributed by atoms with Crippen LogP contribution in [0.3, 0.4) is 0 Å². The SMILES string of the molecule is Cc1ccc(N)c(N2CCC(C)CC2)c1. The molecule has 82 valence electrons. The zero-order valence-corrected chi connectivity index (χ0v) is 9.66. The Morgan fingerprint density at radius 3 is 2.60 bits per heavy atom. The number of hydrogen-bond donors (Lipinski definition) is 1. The Bertz CT molecular complexity index is 338. The smallest absolute Gasteiger partial charge is 0.0602 e. The average Bonchev–Trinajstić information content (AvgIpc) is 2.23. The molecule has 2 heteroatoms. The van der Waals surface area contributed by atoms with Gasteiger partial charge in [0.2, 0.25) is 0 Å². The lowest BCUT2D eigenvalue weighted by molar-refractivity contribution is 0.438. The summed E-state index contributed by atoms with van der Waals surface area (Å²) in [5, 5.41) is 0. The Kier molecular flexibility index (Phi) is 2.85. The van der Waals surface area contributed by atoms with Crippen molar-refractivity contribution in [2.24, 2.45) is 5.92 Å². The third kappa shape index (κ3) is 2.25. The molecule has 15 heavy (non-hydrogen) atoms. The van der Waals surface area contributed by atoms with E-state index in [9.17, 15) is 0 Å². The molecule has 1 heterocycles. The van der Waals surface area contributed by atoms with E-state index < -0.39 is 0 Å². The standard InChI is InChI=1S/C13H20N2/c1-10-5-7-15(8-6-10)13-9-11(2)3-4-12(13)14/h3-4,9-10H,5-8,14H2,1-2H3. The Hall–Kier alpha value is -1.18. The van der Waals surface area contributed by atoms with Gasteiger partial charge in [-0.15, -0.1) is 0 Å². The highest BCUT2D eigenvalue weighted by Gasteiger charge is 2.17. The van der Waals surface area contributed by atoms with E-state index in [1.165, 1.54) is 24.1 Å². The Morgan fingerprint density at radius 2 is 1.93 bits per heavy atom. The van der Waals surface area contributed by atoms with E-state index in [-0.39, 0.29) is 0 Å². The van der Waals surface area contributed by atoms with Crippen LogP contribution in [-0.2, 0) is 0 Å². The molecule has 1 aliphatic rings. The van der Waals surface area contributed by atoms with Crippen molar-refractivity contribution in [2.75, 3.05) is 23.7 Å². The molecule has 0 saturated carbocycles. The van der Waals surface area contributed by atoms with Crippen LogP contribution in [-0.4, -0.2) is 13.1 Å². The second-order valence-electron chi connectivity index (χ2n) is 4.73. The molecular weight excluding hydrogens is 184 g/mol. The molecule has 0 amide bonds. The van der Waals surface area contributed by atoms with E-state index in [0.717, 1.165) is 24.7 Å². The third-order valence-electron chi connectivity index (χ3n) is 3.31. The van der Waals surface area contributed by atoms with E-state index in [2.05, 4.69) is 30.9 Å². The molecule has 0 bridgehead atoms. The largest absolute Gasteiger partial charge is 0.397 e. The van der Waals surface area contributed by atoms with Crippen molar-refractivity contribution in [2.45, 2.75) is 26.7 Å². The monoisotopic (exact) mass is 204 g/mol. The minimum Gasteiger partial charge on any atom is -0.397 e. The summed E-state index contributed by atoms with van der Waals surface area (Å²) >= 11 is 0. The summed E-state index contributed by atoms with van der Waals surface area (Å²) in [5.74, 6) is 0.868. The van der Waals surface area contributed by atoms with Gasteiger partial charge in [-0.2, -0.15) is 0 Å². The van der Waals surface area contributed by atoms with Crippen molar-refractivity contribution in [1.29, 1.82) is 0 Å². The highest BCUT2D eigenvalue weighted by atomic mass is 15.1. The predicted octanol–water partition coefficient (Wildman–Crippen LogP) is 2.81. The molecule has 2 rings (SSSR count). The van der Waals surface area contributed by atoms with Gasteiger partial charge in [-0.3, -0.25) is 0 Å². The van der Waals surface area contributed by atoms with E-state index in [1.54, 1.807) is 0 Å². The molecule has 1 aliphatic heterocycles. The number of piperidine rings is 1. The fraction of sp³-hybridized carbons (Fsp3) is 0.538. The first kappa shape index (κ1) is 10.3. The van der Waals surface area contributed by atoms with Crippen LogP contribution in [0.5, 0.6) is 0 Å². The molecule has 0 spiro atoms. The van der Waals surface area contributed by atoms with E-state index in [4.69, 9.17) is 5.73 Å². The molecule has 1 aromatic rings. The number of nitrogens with zero attached hydrogens (tertiary/aromatic N) is 1. The summed E-state index contributed by atoms with van der Waals surface area (Å²) in [7, 11) is 0. The molecule has 0 radical (unpaired) electrons. The number of benzene rings is 1. The highest BCUT2D eigenvalue weighted by Crippen LogP contribution is 2.28. The number of nitrogen functional groups attached to an aromatic ring is 1. The molecule has 0 atom stereocenters. The van der Waals surface area contributed by atoms with E-state index in [0.29, 0.717) is 0 Å². The lowest BCUT2D eigenvalue weighted by atomic mass is 9.98. The van der Waals surface area contributed by atoms with Crippen molar-refractivity contribution in [1.82, 2.24) is 0 Å². The predicted molar refractivity (Wildman–Crippen MR) is 66.2 cm³/mol. The van der Waals surface area contributed by atoms with Crippen molar-refractivity contribution in [3.8, 4) is 0 Å². The Labute approximate surface area is 92.1 Å². The van der Waals surface area contributed by atoms with Gasteiger partial charge in [0, 0.05) is 13.1 Å². The summed E-state index contributed by atoms with van der Waals surface area (Å²) in [6, 6.07) is 6.29. The molecule has 0 unspecified atom stereocenters. The fourth-order valence-electron chi connectivity index (χ4n) is 2.18. The van der Waals surface area contributed by atoms with Crippen LogP contribution in [0, 0.1) is 12.8 Å². The lowest BCUT2D eigenvalue weighted by Crippen LogP contribution is -2.33. The van der Waals surface area contributed by atoms with Gasteiger partial charge in [-0.05, 0) is 43.4 Å². The zero-order valence-electron chi connectivity index (χ0n) is 9.66. The minimum absolute atomic E-state index is 0.868. The summed E-state index contributed by atoms with van der Waals surface area (Å²) in [6.07, 6.45) is 2.57. The maximum Gasteiger partial charge on any atom is 0.0602 e. The molecule has 0 aromatic heterocycles. The molecule has 1 aromatic carbocycles.